The molecule has 2 aliphatic rings. The monoisotopic (exact) mass is 805 g/mol. The number of imidazole rings is 2. The van der Waals surface area contributed by atoms with Crippen LogP contribution in [-0.4, -0.2) is 98.7 Å². The Hall–Kier alpha value is -6.57. The van der Waals surface area contributed by atoms with E-state index in [1.165, 1.54) is 0 Å². The number of anilines is 2. The van der Waals surface area contributed by atoms with Gasteiger partial charge in [-0.2, -0.15) is 10.2 Å². The Morgan fingerprint density at radius 2 is 1.41 bits per heavy atom. The van der Waals surface area contributed by atoms with Crippen LogP contribution in [0.25, 0.3) is 22.1 Å². The van der Waals surface area contributed by atoms with Crippen LogP contribution in [0.3, 0.4) is 0 Å². The van der Waals surface area contributed by atoms with Crippen molar-refractivity contribution < 1.29 is 29.0 Å². The predicted molar refractivity (Wildman–Crippen MR) is 218 cm³/mol. The van der Waals surface area contributed by atoms with Crippen LogP contribution in [0.5, 0.6) is 11.5 Å². The summed E-state index contributed by atoms with van der Waals surface area (Å²) in [4.78, 5) is 51.9. The molecule has 1 unspecified atom stereocenters. The minimum Gasteiger partial charge on any atom is -0.490 e. The summed E-state index contributed by atoms with van der Waals surface area (Å²) in [5, 5.41) is 25.3. The fourth-order valence-electron chi connectivity index (χ4n) is 7.84. The Labute approximate surface area is 338 Å². The van der Waals surface area contributed by atoms with E-state index < -0.39 is 23.9 Å². The van der Waals surface area contributed by atoms with Crippen molar-refractivity contribution >= 4 is 51.7 Å². The topological polar surface area (TPSA) is 241 Å². The number of nitrogens with zero attached hydrogens (tertiary/aromatic N) is 9. The fourth-order valence-corrected chi connectivity index (χ4v) is 7.84. The number of fused-ring (bicyclic) bond motifs is 2. The number of likely N-dealkylation sites (N-methyl/N-ethyl adjacent to an activating group) is 1. The maximum Gasteiger partial charge on any atom is 0.276 e. The van der Waals surface area contributed by atoms with Crippen LogP contribution in [-0.2, 0) is 26.2 Å². The van der Waals surface area contributed by atoms with Gasteiger partial charge in [-0.1, -0.05) is 12.2 Å². The van der Waals surface area contributed by atoms with Gasteiger partial charge in [-0.25, -0.2) is 9.97 Å². The van der Waals surface area contributed by atoms with Crippen LogP contribution < -0.4 is 31.6 Å². The molecule has 0 radical (unpaired) electrons. The number of ether oxygens (including phenoxy) is 2. The second kappa shape index (κ2) is 15.6. The van der Waals surface area contributed by atoms with Gasteiger partial charge in [-0.15, -0.1) is 0 Å². The van der Waals surface area contributed by atoms with Gasteiger partial charge in [-0.05, 0) is 71.1 Å². The van der Waals surface area contributed by atoms with Crippen molar-refractivity contribution in [3.8, 4) is 11.5 Å². The Kier molecular flexibility index (Phi) is 10.4. The van der Waals surface area contributed by atoms with Crippen molar-refractivity contribution in [2.75, 3.05) is 30.8 Å². The first-order valence-corrected chi connectivity index (χ1v) is 19.5. The number of primary amides is 1. The standard InChI is InChI=1S/C40H47N13O6/c1-6-52-29(12-21(3)47-52)37(56)45-39-43-27-14-23(35(41)54)16-31-33(27)50(39)10-8-9-11-51-34-28(44-40(51)46-38(57)30-13-22(4)48-53(30)7-2)15-24(36(42)55)17-32(34)59-26-18-25(20-58-31)49(5)19-26/h8-9,12-17,25-26,35,54H,6-7,10-11,18-20,41H2,1-5H3,(H2,42,55)(H,43,45,56)(H,44,46,57)/b9-8+/t25-,26-,35?/m1/s1. The van der Waals surface area contributed by atoms with E-state index >= 15 is 0 Å². The Morgan fingerprint density at radius 3 is 1.95 bits per heavy atom. The summed E-state index contributed by atoms with van der Waals surface area (Å²) in [6.07, 6.45) is 2.71. The lowest BCUT2D eigenvalue weighted by atomic mass is 10.1. The lowest BCUT2D eigenvalue weighted by molar-refractivity contribution is 0.0994. The predicted octanol–water partition coefficient (Wildman–Crippen LogP) is 3.09. The van der Waals surface area contributed by atoms with Crippen molar-refractivity contribution in [3.05, 3.63) is 82.5 Å². The van der Waals surface area contributed by atoms with Gasteiger partial charge in [0.1, 0.15) is 52.9 Å². The molecular formula is C40H47N13O6. The quantitative estimate of drug-likeness (QED) is 0.110. The molecule has 4 aromatic heterocycles. The molecular weight excluding hydrogens is 759 g/mol. The average Bonchev–Trinajstić information content (AvgIpc) is 4.01. The molecule has 19 heteroatoms. The van der Waals surface area contributed by atoms with E-state index in [2.05, 4.69) is 25.7 Å². The van der Waals surface area contributed by atoms with Crippen LogP contribution >= 0.6 is 0 Å². The zero-order valence-corrected chi connectivity index (χ0v) is 33.5. The van der Waals surface area contributed by atoms with Gasteiger partial charge in [-0.3, -0.25) is 39.3 Å². The second-order valence-electron chi connectivity index (χ2n) is 14.9. The number of nitrogens with one attached hydrogen (secondary N) is 2. The summed E-state index contributed by atoms with van der Waals surface area (Å²) in [7, 11) is 1.97. The third-order valence-electron chi connectivity index (χ3n) is 10.7. The number of aliphatic hydroxyl groups is 1. The van der Waals surface area contributed by atoms with Gasteiger partial charge in [0.05, 0.1) is 22.4 Å². The van der Waals surface area contributed by atoms with Gasteiger partial charge < -0.3 is 35.2 Å². The number of benzene rings is 2. The third kappa shape index (κ3) is 7.50. The van der Waals surface area contributed by atoms with Gasteiger partial charge in [0, 0.05) is 56.3 Å². The largest absolute Gasteiger partial charge is 0.490 e. The molecule has 1 fully saturated rings. The number of carbonyl (C=O) groups is 3. The number of hydrogen-bond donors (Lipinski definition) is 5. The number of rotatable bonds is 8. The van der Waals surface area contributed by atoms with Crippen LogP contribution in [0.2, 0.25) is 0 Å². The molecule has 6 aromatic rings. The third-order valence-corrected chi connectivity index (χ3v) is 10.7. The summed E-state index contributed by atoms with van der Waals surface area (Å²) < 4.78 is 20.1. The van der Waals surface area contributed by atoms with Gasteiger partial charge in [0.25, 0.3) is 11.8 Å². The zero-order valence-electron chi connectivity index (χ0n) is 33.5. The average molecular weight is 806 g/mol. The summed E-state index contributed by atoms with van der Waals surface area (Å²) in [6.45, 7) is 9.62. The summed E-state index contributed by atoms with van der Waals surface area (Å²) >= 11 is 0. The van der Waals surface area contributed by atoms with Gasteiger partial charge in [0.15, 0.2) is 0 Å². The highest BCUT2D eigenvalue weighted by atomic mass is 16.5. The van der Waals surface area contributed by atoms with Crippen LogP contribution in [0, 0.1) is 13.8 Å². The molecule has 0 spiro atoms. The molecule has 308 valence electrons. The molecule has 8 rings (SSSR count). The summed E-state index contributed by atoms with van der Waals surface area (Å²) in [6, 6.07) is 9.87. The molecule has 2 aliphatic heterocycles. The number of carbonyl (C=O) groups excluding carboxylic acids is 3. The maximum absolute atomic E-state index is 13.8. The van der Waals surface area contributed by atoms with E-state index in [1.54, 1.807) is 45.8 Å². The van der Waals surface area contributed by atoms with E-state index in [4.69, 9.17) is 30.9 Å². The van der Waals surface area contributed by atoms with E-state index in [9.17, 15) is 19.5 Å². The fraction of sp³-hybridized carbons (Fsp3) is 0.375. The number of allylic oxidation sites excluding steroid dienone is 2. The molecule has 0 aliphatic carbocycles. The van der Waals surface area contributed by atoms with Crippen molar-refractivity contribution in [2.24, 2.45) is 11.5 Å². The first kappa shape index (κ1) is 39.3. The van der Waals surface area contributed by atoms with Crippen molar-refractivity contribution in [1.82, 2.24) is 43.6 Å². The number of aryl methyl sites for hydroxylation is 4. The molecule has 3 amide bonds. The highest BCUT2D eigenvalue weighted by molar-refractivity contribution is 6.05. The normalized spacial score (nSPS) is 18.1. The highest BCUT2D eigenvalue weighted by Crippen LogP contribution is 2.36. The first-order valence-electron chi connectivity index (χ1n) is 19.5. The number of hydrogen-bond acceptors (Lipinski definition) is 12. The molecule has 19 nitrogen and oxygen atoms in total. The van der Waals surface area contributed by atoms with Gasteiger partial charge >= 0.3 is 0 Å². The smallest absolute Gasteiger partial charge is 0.276 e. The van der Waals surface area contributed by atoms with E-state index in [1.807, 2.05) is 56.0 Å². The summed E-state index contributed by atoms with van der Waals surface area (Å²) in [5.74, 6) is -0.202. The van der Waals surface area contributed by atoms with Crippen molar-refractivity contribution in [3.63, 3.8) is 0 Å². The maximum atomic E-state index is 13.8. The first-order chi connectivity index (χ1) is 28.3. The molecule has 2 aromatic carbocycles. The van der Waals surface area contributed by atoms with E-state index in [0.29, 0.717) is 88.0 Å². The molecule has 3 atom stereocenters. The Morgan fingerprint density at radius 1 is 0.847 bits per heavy atom. The SMILES string of the molecule is CCn1nc(C)cc1C(=O)Nc1nc2cc(C(N)O)cc3c2n1C/C=C/Cn1c(NC(=O)c2cc(C)nn2CC)nc2cc(C(N)=O)cc(c21)O[C@@H]1C[C@H](CO3)N(C)C1. The zero-order chi connectivity index (χ0) is 41.7. The summed E-state index contributed by atoms with van der Waals surface area (Å²) in [5.41, 5.74) is 16.5. The van der Waals surface area contributed by atoms with Crippen molar-refractivity contribution in [1.29, 1.82) is 0 Å². The lowest BCUT2D eigenvalue weighted by Gasteiger charge is -2.20. The molecule has 2 bridgehead atoms. The highest BCUT2D eigenvalue weighted by Gasteiger charge is 2.33. The minimum absolute atomic E-state index is 0.108. The number of nitrogens with two attached hydrogens (primary N) is 2. The molecule has 7 N–H and O–H groups in total. The minimum atomic E-state index is -1.31. The lowest BCUT2D eigenvalue weighted by Crippen LogP contribution is -2.30. The second-order valence-corrected chi connectivity index (χ2v) is 14.9. The molecule has 1 saturated heterocycles. The van der Waals surface area contributed by atoms with E-state index in [0.717, 1.165) is 0 Å². The van der Waals surface area contributed by atoms with Gasteiger partial charge in [0.2, 0.25) is 17.8 Å². The van der Waals surface area contributed by atoms with Crippen LogP contribution in [0.1, 0.15) is 74.8 Å². The van der Waals surface area contributed by atoms with Crippen LogP contribution in [0.4, 0.5) is 11.9 Å². The van der Waals surface area contributed by atoms with E-state index in [-0.39, 0.29) is 49.3 Å². The number of aliphatic hydroxyl groups excluding tert-OH is 1. The molecule has 0 saturated carbocycles. The Bertz CT molecular complexity index is 2650. The molecule has 59 heavy (non-hydrogen) atoms. The van der Waals surface area contributed by atoms with Crippen LogP contribution in [0.15, 0.2) is 48.6 Å². The van der Waals surface area contributed by atoms with Crippen molar-refractivity contribution in [2.45, 2.75) is 78.7 Å². The Balaban J connectivity index is 1.26. The number of aromatic nitrogens is 8. The number of likely N-dealkylation sites (tertiary alicyclic amines) is 1. The molecule has 6 heterocycles. The number of amides is 3.